The first-order valence-electron chi connectivity index (χ1n) is 7.35. The van der Waals surface area contributed by atoms with Gasteiger partial charge in [0.1, 0.15) is 5.82 Å². The van der Waals surface area contributed by atoms with Crippen molar-refractivity contribution in [2.45, 2.75) is 51.6 Å². The van der Waals surface area contributed by atoms with E-state index in [9.17, 15) is 9.18 Å². The topological polar surface area (TPSA) is 41.1 Å². The summed E-state index contributed by atoms with van der Waals surface area (Å²) in [6, 6.07) is 5.49. The van der Waals surface area contributed by atoms with Gasteiger partial charge in [0.15, 0.2) is 0 Å². The van der Waals surface area contributed by atoms with Crippen LogP contribution in [-0.2, 0) is 4.79 Å². The number of carbonyl (C=O) groups excluding carboxylic acids is 1. The lowest BCUT2D eigenvalue weighted by molar-refractivity contribution is -0.121. The quantitative estimate of drug-likeness (QED) is 0.869. The highest BCUT2D eigenvalue weighted by molar-refractivity contribution is 5.78. The molecule has 0 heterocycles. The number of nitrogens with one attached hydrogen (secondary N) is 2. The largest absolute Gasteiger partial charge is 0.352 e. The van der Waals surface area contributed by atoms with Crippen LogP contribution in [0.25, 0.3) is 0 Å². The lowest BCUT2D eigenvalue weighted by Crippen LogP contribution is -2.39. The summed E-state index contributed by atoms with van der Waals surface area (Å²) in [7, 11) is 0. The molecule has 4 heteroatoms. The summed E-state index contributed by atoms with van der Waals surface area (Å²) in [5.41, 5.74) is 1.50. The van der Waals surface area contributed by atoms with Crippen LogP contribution >= 0.6 is 0 Å². The van der Waals surface area contributed by atoms with Crippen molar-refractivity contribution in [1.82, 2.24) is 10.6 Å². The van der Waals surface area contributed by atoms with Crippen LogP contribution in [0.4, 0.5) is 4.39 Å². The van der Waals surface area contributed by atoms with E-state index in [0.717, 1.165) is 18.4 Å². The molecule has 2 rings (SSSR count). The number of benzene rings is 1. The van der Waals surface area contributed by atoms with E-state index < -0.39 is 0 Å². The van der Waals surface area contributed by atoms with Gasteiger partial charge in [-0.15, -0.1) is 0 Å². The average Bonchev–Trinajstić information content (AvgIpc) is 2.92. The molecule has 1 atom stereocenters. The van der Waals surface area contributed by atoms with Crippen LogP contribution in [0, 0.1) is 12.7 Å². The minimum atomic E-state index is -0.202. The Morgan fingerprint density at radius 1 is 1.40 bits per heavy atom. The zero-order valence-corrected chi connectivity index (χ0v) is 12.2. The van der Waals surface area contributed by atoms with Gasteiger partial charge in [-0.05, 0) is 43.9 Å². The van der Waals surface area contributed by atoms with Crippen LogP contribution < -0.4 is 10.6 Å². The molecule has 0 spiro atoms. The molecule has 0 aliphatic heterocycles. The highest BCUT2D eigenvalue weighted by Gasteiger charge is 2.17. The van der Waals surface area contributed by atoms with E-state index in [-0.39, 0.29) is 24.3 Å². The first-order valence-corrected chi connectivity index (χ1v) is 7.35. The lowest BCUT2D eigenvalue weighted by atomic mass is 10.1. The maximum absolute atomic E-state index is 13.5. The van der Waals surface area contributed by atoms with Crippen molar-refractivity contribution in [3.05, 3.63) is 35.1 Å². The average molecular weight is 278 g/mol. The van der Waals surface area contributed by atoms with Crippen LogP contribution in [0.1, 0.15) is 49.8 Å². The molecule has 110 valence electrons. The van der Waals surface area contributed by atoms with Crippen molar-refractivity contribution < 1.29 is 9.18 Å². The molecule has 1 aliphatic carbocycles. The van der Waals surface area contributed by atoms with Crippen LogP contribution in [0.15, 0.2) is 18.2 Å². The second kappa shape index (κ2) is 6.84. The molecule has 0 radical (unpaired) electrons. The fourth-order valence-corrected chi connectivity index (χ4v) is 2.59. The zero-order valence-electron chi connectivity index (χ0n) is 12.2. The monoisotopic (exact) mass is 278 g/mol. The fourth-order valence-electron chi connectivity index (χ4n) is 2.59. The van der Waals surface area contributed by atoms with Gasteiger partial charge in [0.05, 0.1) is 6.54 Å². The Labute approximate surface area is 120 Å². The first-order chi connectivity index (χ1) is 9.56. The first kappa shape index (κ1) is 15.0. The van der Waals surface area contributed by atoms with Crippen molar-refractivity contribution in [2.75, 3.05) is 6.54 Å². The summed E-state index contributed by atoms with van der Waals surface area (Å²) in [6.07, 6.45) is 4.59. The molecular weight excluding hydrogens is 255 g/mol. The van der Waals surface area contributed by atoms with E-state index in [1.165, 1.54) is 18.9 Å². The van der Waals surface area contributed by atoms with Crippen LogP contribution in [0.3, 0.4) is 0 Å². The molecular formula is C16H23FN2O. The van der Waals surface area contributed by atoms with Gasteiger partial charge in [-0.2, -0.15) is 0 Å². The third-order valence-electron chi connectivity index (χ3n) is 3.98. The Bertz CT molecular complexity index is 470. The smallest absolute Gasteiger partial charge is 0.234 e. The van der Waals surface area contributed by atoms with Crippen molar-refractivity contribution >= 4 is 5.91 Å². The van der Waals surface area contributed by atoms with Gasteiger partial charge in [0, 0.05) is 12.1 Å². The number of aryl methyl sites for hydroxylation is 1. The fraction of sp³-hybridized carbons (Fsp3) is 0.562. The predicted octanol–water partition coefficient (Wildman–Crippen LogP) is 2.84. The lowest BCUT2D eigenvalue weighted by Gasteiger charge is -2.16. The van der Waals surface area contributed by atoms with Crippen molar-refractivity contribution in [3.8, 4) is 0 Å². The van der Waals surface area contributed by atoms with Gasteiger partial charge < -0.3 is 10.6 Å². The van der Waals surface area contributed by atoms with Gasteiger partial charge in [-0.25, -0.2) is 4.39 Å². The Hall–Kier alpha value is -1.42. The van der Waals surface area contributed by atoms with E-state index >= 15 is 0 Å². The van der Waals surface area contributed by atoms with E-state index in [2.05, 4.69) is 10.6 Å². The number of rotatable bonds is 5. The highest BCUT2D eigenvalue weighted by atomic mass is 19.1. The summed E-state index contributed by atoms with van der Waals surface area (Å²) in [6.45, 7) is 3.95. The van der Waals surface area contributed by atoms with Gasteiger partial charge in [0.2, 0.25) is 5.91 Å². The second-order valence-electron chi connectivity index (χ2n) is 5.66. The SMILES string of the molecule is Cc1ccc(C(C)NCC(=O)NC2CCCC2)cc1F. The molecule has 1 aliphatic rings. The third kappa shape index (κ3) is 4.04. The maximum Gasteiger partial charge on any atom is 0.234 e. The summed E-state index contributed by atoms with van der Waals surface area (Å²) < 4.78 is 13.5. The van der Waals surface area contributed by atoms with Crippen molar-refractivity contribution in [2.24, 2.45) is 0 Å². The molecule has 2 N–H and O–H groups in total. The van der Waals surface area contributed by atoms with Gasteiger partial charge in [0.25, 0.3) is 0 Å². The predicted molar refractivity (Wildman–Crippen MR) is 78.0 cm³/mol. The molecule has 0 aromatic heterocycles. The molecule has 0 saturated heterocycles. The molecule has 0 bridgehead atoms. The molecule has 1 saturated carbocycles. The standard InChI is InChI=1S/C16H23FN2O/c1-11-7-8-13(9-15(11)17)12(2)18-10-16(20)19-14-5-3-4-6-14/h7-9,12,14,18H,3-6,10H2,1-2H3,(H,19,20). The Balaban J connectivity index is 1.80. The summed E-state index contributed by atoms with van der Waals surface area (Å²) in [5.74, 6) is -0.178. The normalized spacial score (nSPS) is 17.1. The van der Waals surface area contributed by atoms with Gasteiger partial charge >= 0.3 is 0 Å². The highest BCUT2D eigenvalue weighted by Crippen LogP contribution is 2.18. The van der Waals surface area contributed by atoms with Gasteiger partial charge in [-0.3, -0.25) is 4.79 Å². The van der Waals surface area contributed by atoms with Crippen LogP contribution in [0.2, 0.25) is 0 Å². The summed E-state index contributed by atoms with van der Waals surface area (Å²) in [4.78, 5) is 11.8. The zero-order chi connectivity index (χ0) is 14.5. The molecule has 3 nitrogen and oxygen atoms in total. The number of hydrogen-bond acceptors (Lipinski definition) is 2. The van der Waals surface area contributed by atoms with Crippen molar-refractivity contribution in [1.29, 1.82) is 0 Å². The number of halogens is 1. The molecule has 1 unspecified atom stereocenters. The second-order valence-corrected chi connectivity index (χ2v) is 5.66. The van der Waals surface area contributed by atoms with Crippen LogP contribution in [-0.4, -0.2) is 18.5 Å². The summed E-state index contributed by atoms with van der Waals surface area (Å²) >= 11 is 0. The third-order valence-corrected chi connectivity index (χ3v) is 3.98. The van der Waals surface area contributed by atoms with Gasteiger partial charge in [-0.1, -0.05) is 25.0 Å². The van der Waals surface area contributed by atoms with E-state index in [1.54, 1.807) is 13.0 Å². The van der Waals surface area contributed by atoms with E-state index in [0.29, 0.717) is 11.6 Å². The Morgan fingerprint density at radius 2 is 2.10 bits per heavy atom. The minimum Gasteiger partial charge on any atom is -0.352 e. The Morgan fingerprint density at radius 3 is 2.75 bits per heavy atom. The molecule has 1 fully saturated rings. The van der Waals surface area contributed by atoms with Crippen LogP contribution in [0.5, 0.6) is 0 Å². The molecule has 20 heavy (non-hydrogen) atoms. The van der Waals surface area contributed by atoms with E-state index in [4.69, 9.17) is 0 Å². The molecule has 1 amide bonds. The molecule has 1 aromatic carbocycles. The minimum absolute atomic E-state index is 0.0244. The number of hydrogen-bond donors (Lipinski definition) is 2. The summed E-state index contributed by atoms with van der Waals surface area (Å²) in [5, 5.41) is 6.17. The van der Waals surface area contributed by atoms with Crippen molar-refractivity contribution in [3.63, 3.8) is 0 Å². The maximum atomic E-state index is 13.5. The van der Waals surface area contributed by atoms with E-state index in [1.807, 2.05) is 13.0 Å². The molecule has 1 aromatic rings. The number of carbonyl (C=O) groups is 1. The Kier molecular flexibility index (Phi) is 5.12. The number of amides is 1.